The molecular formula is C23H30O10. The van der Waals surface area contributed by atoms with Gasteiger partial charge in [0.15, 0.2) is 12.2 Å². The average molecular weight is 466 g/mol. The topological polar surface area (TPSA) is 127 Å². The van der Waals surface area contributed by atoms with Gasteiger partial charge in [0.2, 0.25) is 0 Å². The first-order valence-electron chi connectivity index (χ1n) is 11.0. The Balaban J connectivity index is 1.90. The Morgan fingerprint density at radius 3 is 2.12 bits per heavy atom. The van der Waals surface area contributed by atoms with Crippen molar-refractivity contribution in [1.29, 1.82) is 0 Å². The van der Waals surface area contributed by atoms with Gasteiger partial charge in [-0.3, -0.25) is 19.2 Å². The number of fused-ring (bicyclic) bond motifs is 2. The molecule has 2 saturated heterocycles. The summed E-state index contributed by atoms with van der Waals surface area (Å²) in [6.45, 7) is 9.11. The molecule has 1 spiro atoms. The molecule has 1 saturated carbocycles. The maximum atomic E-state index is 12.2. The maximum Gasteiger partial charge on any atom is 0.303 e. The van der Waals surface area contributed by atoms with Gasteiger partial charge in [-0.1, -0.05) is 13.0 Å². The summed E-state index contributed by atoms with van der Waals surface area (Å²) in [5.41, 5.74) is -2.13. The smallest absolute Gasteiger partial charge is 0.303 e. The minimum Gasteiger partial charge on any atom is -0.465 e. The van der Waals surface area contributed by atoms with Crippen LogP contribution in [0.15, 0.2) is 11.6 Å². The molecule has 10 heteroatoms. The van der Waals surface area contributed by atoms with E-state index in [1.54, 1.807) is 0 Å². The SMILES string of the molecule is CC(=O)OC[C@]12C[C@H](OC(C)=O)C(C)=C[C@H]1O[C@@H]1[C@H](OC(C)=O)[C@@H](OC(C)=O)[C@@]2(C)[C@@]12CO2. The highest BCUT2D eigenvalue weighted by molar-refractivity contribution is 5.69. The molecule has 0 aromatic carbocycles. The normalized spacial score (nSPS) is 42.6. The van der Waals surface area contributed by atoms with E-state index in [9.17, 15) is 19.2 Å². The third-order valence-corrected chi connectivity index (χ3v) is 7.74. The van der Waals surface area contributed by atoms with Crippen LogP contribution in [0.25, 0.3) is 0 Å². The Kier molecular flexibility index (Phi) is 5.60. The third kappa shape index (κ3) is 3.37. The molecule has 10 nitrogen and oxygen atoms in total. The van der Waals surface area contributed by atoms with Crippen molar-refractivity contribution < 1.29 is 47.6 Å². The number of carbonyl (C=O) groups is 4. The highest BCUT2D eigenvalue weighted by atomic mass is 16.7. The zero-order valence-corrected chi connectivity index (χ0v) is 19.7. The van der Waals surface area contributed by atoms with Gasteiger partial charge in [-0.15, -0.1) is 0 Å². The molecule has 4 aliphatic rings. The minimum atomic E-state index is -1.000. The fourth-order valence-corrected chi connectivity index (χ4v) is 6.21. The second-order valence-corrected chi connectivity index (χ2v) is 9.61. The molecule has 0 aromatic heterocycles. The monoisotopic (exact) mass is 466 g/mol. The van der Waals surface area contributed by atoms with E-state index >= 15 is 0 Å². The van der Waals surface area contributed by atoms with Gasteiger partial charge in [0.05, 0.1) is 23.5 Å². The molecular weight excluding hydrogens is 436 g/mol. The molecule has 0 aromatic rings. The molecule has 0 unspecified atom stereocenters. The quantitative estimate of drug-likeness (QED) is 0.253. The van der Waals surface area contributed by atoms with Crippen LogP contribution in [0.2, 0.25) is 0 Å². The van der Waals surface area contributed by atoms with Crippen LogP contribution < -0.4 is 0 Å². The van der Waals surface area contributed by atoms with Crippen molar-refractivity contribution in [1.82, 2.24) is 0 Å². The number of epoxide rings is 1. The predicted octanol–water partition coefficient (Wildman–Crippen LogP) is 1.24. The van der Waals surface area contributed by atoms with Gasteiger partial charge in [-0.05, 0) is 12.5 Å². The summed E-state index contributed by atoms with van der Waals surface area (Å²) in [6, 6.07) is 0. The van der Waals surface area contributed by atoms with Crippen molar-refractivity contribution in [3.63, 3.8) is 0 Å². The maximum absolute atomic E-state index is 12.2. The standard InChI is InChI=1S/C23H30O10/c1-11-7-17-22(9-28-12(2)24,8-16(11)30-13(3)25)21(6)19(32-15(5)27)18(31-14(4)26)20(33-17)23(21)10-29-23/h7,16-20H,8-10H2,1-6H3/t16-,17+,18+,19+,20+,21+,22+,23+/m0/s1. The van der Waals surface area contributed by atoms with Crippen LogP contribution in [-0.2, 0) is 47.6 Å². The minimum absolute atomic E-state index is 0.0899. The van der Waals surface area contributed by atoms with Crippen molar-refractivity contribution >= 4 is 23.9 Å². The number of hydrogen-bond donors (Lipinski definition) is 0. The van der Waals surface area contributed by atoms with Gasteiger partial charge in [0.1, 0.15) is 24.4 Å². The van der Waals surface area contributed by atoms with Crippen molar-refractivity contribution in [2.24, 2.45) is 10.8 Å². The van der Waals surface area contributed by atoms with E-state index in [2.05, 4.69) is 0 Å². The van der Waals surface area contributed by atoms with Gasteiger partial charge in [-0.25, -0.2) is 0 Å². The Labute approximate surface area is 191 Å². The summed E-state index contributed by atoms with van der Waals surface area (Å²) in [7, 11) is 0. The lowest BCUT2D eigenvalue weighted by atomic mass is 9.51. The van der Waals surface area contributed by atoms with E-state index in [1.165, 1.54) is 27.7 Å². The fourth-order valence-electron chi connectivity index (χ4n) is 6.21. The lowest BCUT2D eigenvalue weighted by Crippen LogP contribution is -2.68. The Morgan fingerprint density at radius 2 is 1.61 bits per heavy atom. The zero-order valence-electron chi connectivity index (χ0n) is 19.7. The van der Waals surface area contributed by atoms with E-state index in [4.69, 9.17) is 28.4 Å². The highest BCUT2D eigenvalue weighted by Gasteiger charge is 2.87. The van der Waals surface area contributed by atoms with E-state index in [0.29, 0.717) is 6.61 Å². The number of ether oxygens (including phenoxy) is 6. The number of carbonyl (C=O) groups excluding carboxylic acids is 4. The molecule has 8 atom stereocenters. The molecule has 3 fully saturated rings. The average Bonchev–Trinajstić information content (AvgIpc) is 3.47. The van der Waals surface area contributed by atoms with E-state index in [-0.39, 0.29) is 13.0 Å². The van der Waals surface area contributed by atoms with E-state index in [1.807, 2.05) is 19.9 Å². The fraction of sp³-hybridized carbons (Fsp3) is 0.739. The summed E-state index contributed by atoms with van der Waals surface area (Å²) in [6.07, 6.45) is -1.65. The molecule has 0 N–H and O–H groups in total. The van der Waals surface area contributed by atoms with Crippen molar-refractivity contribution in [3.05, 3.63) is 11.6 Å². The Morgan fingerprint density at radius 1 is 1.00 bits per heavy atom. The van der Waals surface area contributed by atoms with Gasteiger partial charge in [-0.2, -0.15) is 0 Å². The zero-order chi connectivity index (χ0) is 24.3. The first-order valence-corrected chi connectivity index (χ1v) is 11.0. The van der Waals surface area contributed by atoms with Crippen LogP contribution >= 0.6 is 0 Å². The van der Waals surface area contributed by atoms with E-state index in [0.717, 1.165) is 5.57 Å². The van der Waals surface area contributed by atoms with Gasteiger partial charge >= 0.3 is 23.9 Å². The lowest BCUT2D eigenvalue weighted by Gasteiger charge is -2.58. The molecule has 2 heterocycles. The first kappa shape index (κ1) is 23.7. The molecule has 2 aliphatic carbocycles. The van der Waals surface area contributed by atoms with Crippen LogP contribution in [0, 0.1) is 10.8 Å². The van der Waals surface area contributed by atoms with Crippen LogP contribution in [0.1, 0.15) is 48.0 Å². The number of esters is 4. The summed E-state index contributed by atoms with van der Waals surface area (Å²) < 4.78 is 35.1. The molecule has 2 aliphatic heterocycles. The van der Waals surface area contributed by atoms with Crippen molar-refractivity contribution in [2.75, 3.05) is 13.2 Å². The summed E-state index contributed by atoms with van der Waals surface area (Å²) in [4.78, 5) is 47.9. The summed E-state index contributed by atoms with van der Waals surface area (Å²) >= 11 is 0. The lowest BCUT2D eigenvalue weighted by molar-refractivity contribution is -0.241. The van der Waals surface area contributed by atoms with Crippen LogP contribution in [0.4, 0.5) is 0 Å². The van der Waals surface area contributed by atoms with Gasteiger partial charge in [0, 0.05) is 34.1 Å². The second-order valence-electron chi connectivity index (χ2n) is 9.61. The number of hydrogen-bond acceptors (Lipinski definition) is 10. The molecule has 182 valence electrons. The van der Waals surface area contributed by atoms with E-state index < -0.39 is 70.8 Å². The molecule has 4 rings (SSSR count). The highest BCUT2D eigenvalue weighted by Crippen LogP contribution is 2.72. The first-order chi connectivity index (χ1) is 15.4. The molecule has 33 heavy (non-hydrogen) atoms. The predicted molar refractivity (Wildman–Crippen MR) is 110 cm³/mol. The molecule has 2 bridgehead atoms. The van der Waals surface area contributed by atoms with Crippen LogP contribution in [-0.4, -0.2) is 73.2 Å². The van der Waals surface area contributed by atoms with Gasteiger partial charge < -0.3 is 28.4 Å². The summed E-state index contributed by atoms with van der Waals surface area (Å²) in [5, 5.41) is 0. The van der Waals surface area contributed by atoms with Crippen LogP contribution in [0.5, 0.6) is 0 Å². The van der Waals surface area contributed by atoms with Gasteiger partial charge in [0.25, 0.3) is 0 Å². The number of rotatable bonds is 5. The van der Waals surface area contributed by atoms with Crippen molar-refractivity contribution in [2.45, 2.75) is 84.1 Å². The molecule has 0 amide bonds. The third-order valence-electron chi connectivity index (χ3n) is 7.74. The van der Waals surface area contributed by atoms with Crippen LogP contribution in [0.3, 0.4) is 0 Å². The summed E-state index contributed by atoms with van der Waals surface area (Å²) in [5.74, 6) is -2.05. The largest absolute Gasteiger partial charge is 0.465 e. The second kappa shape index (κ2) is 7.80. The molecule has 0 radical (unpaired) electrons. The Hall–Kier alpha value is -2.46. The van der Waals surface area contributed by atoms with Crippen molar-refractivity contribution in [3.8, 4) is 0 Å². The Bertz CT molecular complexity index is 920.